The van der Waals surface area contributed by atoms with E-state index in [0.717, 1.165) is 0 Å². The van der Waals surface area contributed by atoms with Crippen LogP contribution in [-0.4, -0.2) is 43.1 Å². The number of aryl methyl sites for hydroxylation is 1. The number of furan rings is 1. The molecule has 1 aromatic heterocycles. The van der Waals surface area contributed by atoms with Gasteiger partial charge in [-0.3, -0.25) is 14.9 Å². The minimum atomic E-state index is -0.993. The number of rotatable bonds is 9. The number of carbonyl (C=O) groups excluding carboxylic acids is 4. The second-order valence-electron chi connectivity index (χ2n) is 6.05. The maximum absolute atomic E-state index is 12.1. The molecule has 0 radical (unpaired) electrons. The van der Waals surface area contributed by atoms with Crippen LogP contribution in [0, 0.1) is 6.92 Å². The van der Waals surface area contributed by atoms with Crippen molar-refractivity contribution in [2.75, 3.05) is 18.5 Å². The van der Waals surface area contributed by atoms with Crippen molar-refractivity contribution in [2.24, 2.45) is 5.73 Å². The predicted molar refractivity (Wildman–Crippen MR) is 104 cm³/mol. The summed E-state index contributed by atoms with van der Waals surface area (Å²) >= 11 is 0. The number of amides is 2. The van der Waals surface area contributed by atoms with Crippen LogP contribution in [0.15, 0.2) is 34.7 Å². The van der Waals surface area contributed by atoms with E-state index in [-0.39, 0.29) is 29.4 Å². The standard InChI is InChI=1S/C20H22N2O8/c1-4-27-20(26)15-11(2)30-18(16(15)17(21)24)22-14(23)10-28-19(25)12(3)29-13-8-6-5-7-9-13/h5-9,12H,4,10H2,1-3H3,(H2,21,24)(H,22,23)/t12-/m0/s1. The third-order valence-electron chi connectivity index (χ3n) is 3.80. The highest BCUT2D eigenvalue weighted by atomic mass is 16.6. The number of nitrogens with one attached hydrogen (secondary N) is 1. The first-order valence-electron chi connectivity index (χ1n) is 9.03. The first kappa shape index (κ1) is 22.5. The number of ether oxygens (including phenoxy) is 3. The number of hydrogen-bond acceptors (Lipinski definition) is 8. The van der Waals surface area contributed by atoms with Crippen LogP contribution in [-0.2, 0) is 19.1 Å². The molecule has 10 nitrogen and oxygen atoms in total. The Kier molecular flexibility index (Phi) is 7.56. The molecule has 1 aromatic carbocycles. The molecule has 2 aromatic rings. The summed E-state index contributed by atoms with van der Waals surface area (Å²) in [7, 11) is 0. The lowest BCUT2D eigenvalue weighted by Crippen LogP contribution is -2.30. The van der Waals surface area contributed by atoms with E-state index < -0.39 is 36.5 Å². The smallest absolute Gasteiger partial charge is 0.347 e. The molecule has 10 heteroatoms. The zero-order valence-electron chi connectivity index (χ0n) is 16.7. The molecule has 0 saturated heterocycles. The normalized spacial score (nSPS) is 11.3. The van der Waals surface area contributed by atoms with Gasteiger partial charge in [0.25, 0.3) is 11.8 Å². The van der Waals surface area contributed by atoms with E-state index in [1.807, 2.05) is 0 Å². The van der Waals surface area contributed by atoms with Gasteiger partial charge >= 0.3 is 11.9 Å². The highest BCUT2D eigenvalue weighted by Gasteiger charge is 2.29. The number of hydrogen-bond donors (Lipinski definition) is 2. The monoisotopic (exact) mass is 418 g/mol. The Bertz CT molecular complexity index is 936. The van der Waals surface area contributed by atoms with Crippen LogP contribution < -0.4 is 15.8 Å². The third kappa shape index (κ3) is 5.60. The maximum atomic E-state index is 12.1. The quantitative estimate of drug-likeness (QED) is 0.586. The van der Waals surface area contributed by atoms with Crippen molar-refractivity contribution < 1.29 is 37.8 Å². The summed E-state index contributed by atoms with van der Waals surface area (Å²) < 4.78 is 20.5. The van der Waals surface area contributed by atoms with E-state index in [0.29, 0.717) is 5.75 Å². The van der Waals surface area contributed by atoms with Crippen molar-refractivity contribution in [3.63, 3.8) is 0 Å². The average molecular weight is 418 g/mol. The van der Waals surface area contributed by atoms with Crippen molar-refractivity contribution in [1.29, 1.82) is 0 Å². The molecular formula is C20H22N2O8. The van der Waals surface area contributed by atoms with Gasteiger partial charge in [0.2, 0.25) is 5.88 Å². The van der Waals surface area contributed by atoms with Gasteiger partial charge in [-0.05, 0) is 32.9 Å². The van der Waals surface area contributed by atoms with Gasteiger partial charge in [-0.25, -0.2) is 9.59 Å². The van der Waals surface area contributed by atoms with Crippen molar-refractivity contribution in [2.45, 2.75) is 26.9 Å². The number of carbonyl (C=O) groups is 4. The van der Waals surface area contributed by atoms with Crippen molar-refractivity contribution in [3.8, 4) is 5.75 Å². The molecule has 0 aliphatic rings. The zero-order valence-corrected chi connectivity index (χ0v) is 16.7. The van der Waals surface area contributed by atoms with Crippen molar-refractivity contribution in [3.05, 3.63) is 47.2 Å². The fraction of sp³-hybridized carbons (Fsp3) is 0.300. The number of benzene rings is 1. The first-order chi connectivity index (χ1) is 14.2. The molecule has 2 amide bonds. The Hall–Kier alpha value is -3.82. The van der Waals surface area contributed by atoms with Gasteiger partial charge in [-0.1, -0.05) is 18.2 Å². The van der Waals surface area contributed by atoms with Crippen LogP contribution in [0.4, 0.5) is 5.88 Å². The lowest BCUT2D eigenvalue weighted by Gasteiger charge is -2.13. The SMILES string of the molecule is CCOC(=O)c1c(C)oc(NC(=O)COC(=O)[C@H](C)Oc2ccccc2)c1C(N)=O. The van der Waals surface area contributed by atoms with Crippen LogP contribution >= 0.6 is 0 Å². The number of nitrogens with two attached hydrogens (primary N) is 1. The topological polar surface area (TPSA) is 147 Å². The molecule has 0 aliphatic heterocycles. The fourth-order valence-electron chi connectivity index (χ4n) is 2.48. The van der Waals surface area contributed by atoms with Gasteiger partial charge in [-0.2, -0.15) is 0 Å². The highest BCUT2D eigenvalue weighted by molar-refractivity contribution is 6.10. The van der Waals surface area contributed by atoms with Gasteiger partial charge in [0.1, 0.15) is 22.6 Å². The molecule has 0 unspecified atom stereocenters. The van der Waals surface area contributed by atoms with E-state index >= 15 is 0 Å². The Morgan fingerprint density at radius 2 is 1.77 bits per heavy atom. The molecule has 0 spiro atoms. The molecule has 1 atom stereocenters. The maximum Gasteiger partial charge on any atom is 0.347 e. The van der Waals surface area contributed by atoms with Crippen molar-refractivity contribution in [1.82, 2.24) is 0 Å². The largest absolute Gasteiger partial charge is 0.479 e. The molecule has 0 aliphatic carbocycles. The van der Waals surface area contributed by atoms with Gasteiger partial charge in [-0.15, -0.1) is 0 Å². The molecule has 30 heavy (non-hydrogen) atoms. The average Bonchev–Trinajstić information content (AvgIpc) is 3.02. The van der Waals surface area contributed by atoms with E-state index in [1.54, 1.807) is 37.3 Å². The second-order valence-corrected chi connectivity index (χ2v) is 6.05. The summed E-state index contributed by atoms with van der Waals surface area (Å²) in [5.74, 6) is -3.21. The highest BCUT2D eigenvalue weighted by Crippen LogP contribution is 2.27. The lowest BCUT2D eigenvalue weighted by molar-refractivity contribution is -0.153. The van der Waals surface area contributed by atoms with Gasteiger partial charge in [0.05, 0.1) is 6.61 Å². The van der Waals surface area contributed by atoms with Crippen LogP contribution in [0.25, 0.3) is 0 Å². The van der Waals surface area contributed by atoms with Crippen LogP contribution in [0.2, 0.25) is 0 Å². The summed E-state index contributed by atoms with van der Waals surface area (Å²) in [6.45, 7) is 3.88. The third-order valence-corrected chi connectivity index (χ3v) is 3.80. The Morgan fingerprint density at radius 1 is 1.10 bits per heavy atom. The summed E-state index contributed by atoms with van der Waals surface area (Å²) in [4.78, 5) is 48.0. The summed E-state index contributed by atoms with van der Waals surface area (Å²) in [5.41, 5.74) is 4.81. The first-order valence-corrected chi connectivity index (χ1v) is 9.03. The van der Waals surface area contributed by atoms with E-state index in [1.165, 1.54) is 13.8 Å². The van der Waals surface area contributed by atoms with Gasteiger partial charge < -0.3 is 24.4 Å². The molecule has 2 rings (SSSR count). The fourth-order valence-corrected chi connectivity index (χ4v) is 2.48. The summed E-state index contributed by atoms with van der Waals surface area (Å²) in [6.07, 6.45) is -0.956. The molecule has 3 N–H and O–H groups in total. The Labute approximate surface area is 172 Å². The summed E-state index contributed by atoms with van der Waals surface area (Å²) in [5, 5.41) is 2.26. The molecule has 0 saturated carbocycles. The second kappa shape index (κ2) is 10.1. The van der Waals surface area contributed by atoms with Gasteiger partial charge in [0.15, 0.2) is 12.7 Å². The Balaban J connectivity index is 2.00. The summed E-state index contributed by atoms with van der Waals surface area (Å²) in [6, 6.07) is 8.62. The van der Waals surface area contributed by atoms with Crippen LogP contribution in [0.5, 0.6) is 5.75 Å². The molecular weight excluding hydrogens is 396 g/mol. The zero-order chi connectivity index (χ0) is 22.3. The molecule has 0 fully saturated rings. The minimum Gasteiger partial charge on any atom is -0.479 e. The van der Waals surface area contributed by atoms with E-state index in [2.05, 4.69) is 5.32 Å². The number of anilines is 1. The van der Waals surface area contributed by atoms with E-state index in [9.17, 15) is 19.2 Å². The number of para-hydroxylation sites is 1. The predicted octanol–water partition coefficient (Wildman–Crippen LogP) is 1.81. The van der Waals surface area contributed by atoms with Crippen LogP contribution in [0.3, 0.4) is 0 Å². The number of primary amides is 1. The minimum absolute atomic E-state index is 0.0411. The molecule has 0 bridgehead atoms. The number of esters is 2. The van der Waals surface area contributed by atoms with Crippen molar-refractivity contribution >= 4 is 29.6 Å². The molecule has 1 heterocycles. The Morgan fingerprint density at radius 3 is 2.37 bits per heavy atom. The molecule has 160 valence electrons. The van der Waals surface area contributed by atoms with Crippen LogP contribution in [0.1, 0.15) is 40.3 Å². The van der Waals surface area contributed by atoms with Gasteiger partial charge in [0, 0.05) is 0 Å². The lowest BCUT2D eigenvalue weighted by atomic mass is 10.1. The van der Waals surface area contributed by atoms with E-state index in [4.69, 9.17) is 24.4 Å².